The predicted molar refractivity (Wildman–Crippen MR) is 116 cm³/mol. The molecule has 7 heteroatoms. The third-order valence-electron chi connectivity index (χ3n) is 6.22. The van der Waals surface area contributed by atoms with Crippen LogP contribution in [-0.4, -0.2) is 58.1 Å². The second-order valence-electron chi connectivity index (χ2n) is 8.11. The van der Waals surface area contributed by atoms with Crippen molar-refractivity contribution >= 4 is 17.2 Å². The van der Waals surface area contributed by atoms with Crippen LogP contribution in [0.3, 0.4) is 0 Å². The van der Waals surface area contributed by atoms with E-state index in [2.05, 4.69) is 39.4 Å². The van der Waals surface area contributed by atoms with Crippen LogP contribution in [0.15, 0.2) is 45.5 Å². The first-order chi connectivity index (χ1) is 14.8. The summed E-state index contributed by atoms with van der Waals surface area (Å²) in [6.45, 7) is 3.65. The van der Waals surface area contributed by atoms with E-state index in [9.17, 15) is 4.79 Å². The van der Waals surface area contributed by atoms with E-state index in [1.165, 1.54) is 11.1 Å². The molecule has 2 aromatic heterocycles. The number of benzene rings is 1. The highest BCUT2D eigenvalue weighted by atomic mass is 32.1. The van der Waals surface area contributed by atoms with E-state index in [0.717, 1.165) is 51.0 Å². The summed E-state index contributed by atoms with van der Waals surface area (Å²) in [5.41, 5.74) is 3.91. The summed E-state index contributed by atoms with van der Waals surface area (Å²) in [4.78, 5) is 17.4. The van der Waals surface area contributed by atoms with Crippen molar-refractivity contribution in [2.75, 3.05) is 26.2 Å². The largest absolute Gasteiger partial charge is 0.421 e. The zero-order valence-electron chi connectivity index (χ0n) is 17.0. The Bertz CT molecular complexity index is 975. The number of amides is 1. The first kappa shape index (κ1) is 19.5. The average molecular weight is 423 g/mol. The van der Waals surface area contributed by atoms with Gasteiger partial charge in [-0.15, -0.1) is 10.2 Å². The van der Waals surface area contributed by atoms with Crippen LogP contribution in [0, 0.1) is 0 Å². The Hall–Kier alpha value is -2.51. The first-order valence-electron chi connectivity index (χ1n) is 10.7. The van der Waals surface area contributed by atoms with Gasteiger partial charge in [-0.1, -0.05) is 24.3 Å². The smallest absolute Gasteiger partial charge is 0.248 e. The Labute approximate surface area is 180 Å². The molecule has 3 aromatic rings. The first-order valence-corrected chi connectivity index (χ1v) is 11.6. The molecule has 1 aliphatic heterocycles. The quantitative estimate of drug-likeness (QED) is 0.630. The fourth-order valence-electron chi connectivity index (χ4n) is 4.58. The molecule has 0 bridgehead atoms. The number of carbonyl (C=O) groups is 1. The Morgan fingerprint density at radius 3 is 2.67 bits per heavy atom. The summed E-state index contributed by atoms with van der Waals surface area (Å²) in [6.07, 6.45) is 4.21. The van der Waals surface area contributed by atoms with E-state index >= 15 is 0 Å². The Morgan fingerprint density at radius 1 is 1.07 bits per heavy atom. The molecule has 1 aromatic carbocycles. The number of hydrogen-bond acceptors (Lipinski definition) is 6. The number of aromatic nitrogens is 2. The molecule has 5 rings (SSSR count). The maximum Gasteiger partial charge on any atom is 0.248 e. The molecule has 0 atom stereocenters. The van der Waals surface area contributed by atoms with E-state index in [4.69, 9.17) is 4.42 Å². The fourth-order valence-corrected chi connectivity index (χ4v) is 5.20. The van der Waals surface area contributed by atoms with Gasteiger partial charge in [-0.3, -0.25) is 9.69 Å². The highest BCUT2D eigenvalue weighted by molar-refractivity contribution is 7.08. The minimum atomic E-state index is 0.182. The summed E-state index contributed by atoms with van der Waals surface area (Å²) < 4.78 is 5.71. The Kier molecular flexibility index (Phi) is 5.64. The van der Waals surface area contributed by atoms with Gasteiger partial charge in [-0.2, -0.15) is 11.3 Å². The number of thiophene rings is 1. The third-order valence-corrected chi connectivity index (χ3v) is 6.90. The fraction of sp³-hybridized carbons (Fsp3) is 0.435. The number of fused-ring (bicyclic) bond motifs is 1. The van der Waals surface area contributed by atoms with Gasteiger partial charge in [0.1, 0.15) is 0 Å². The predicted octanol–water partition coefficient (Wildman–Crippen LogP) is 3.43. The minimum absolute atomic E-state index is 0.182. The van der Waals surface area contributed by atoms with Crippen molar-refractivity contribution in [2.24, 2.45) is 0 Å². The number of carbonyl (C=O) groups excluding carboxylic acids is 1. The van der Waals surface area contributed by atoms with Gasteiger partial charge in [0.15, 0.2) is 0 Å². The van der Waals surface area contributed by atoms with E-state index in [0.29, 0.717) is 30.7 Å². The number of nitrogens with zero attached hydrogens (tertiary/aromatic N) is 4. The highest BCUT2D eigenvalue weighted by Gasteiger charge is 2.28. The molecule has 1 aliphatic carbocycles. The van der Waals surface area contributed by atoms with Crippen molar-refractivity contribution in [3.63, 3.8) is 0 Å². The Balaban J connectivity index is 1.12. The number of rotatable bonds is 5. The van der Waals surface area contributed by atoms with Crippen molar-refractivity contribution in [3.8, 4) is 11.5 Å². The lowest BCUT2D eigenvalue weighted by Crippen LogP contribution is -2.40. The molecule has 0 N–H and O–H groups in total. The molecule has 0 unspecified atom stereocenters. The van der Waals surface area contributed by atoms with Crippen LogP contribution in [-0.2, 0) is 24.1 Å². The summed E-state index contributed by atoms with van der Waals surface area (Å²) in [7, 11) is 0. The van der Waals surface area contributed by atoms with Gasteiger partial charge >= 0.3 is 0 Å². The second kappa shape index (κ2) is 8.70. The van der Waals surface area contributed by atoms with Crippen LogP contribution < -0.4 is 0 Å². The molecule has 0 saturated carbocycles. The molecule has 2 aliphatic rings. The van der Waals surface area contributed by atoms with Crippen LogP contribution in [0.2, 0.25) is 0 Å². The van der Waals surface area contributed by atoms with E-state index in [-0.39, 0.29) is 5.91 Å². The lowest BCUT2D eigenvalue weighted by Gasteiger charge is -2.27. The van der Waals surface area contributed by atoms with Crippen molar-refractivity contribution in [1.29, 1.82) is 0 Å². The summed E-state index contributed by atoms with van der Waals surface area (Å²) >= 11 is 1.60. The molecule has 0 spiro atoms. The van der Waals surface area contributed by atoms with Crippen LogP contribution in [0.4, 0.5) is 0 Å². The summed E-state index contributed by atoms with van der Waals surface area (Å²) in [5.74, 6) is 1.24. The van der Waals surface area contributed by atoms with Gasteiger partial charge in [0, 0.05) is 56.0 Å². The lowest BCUT2D eigenvalue weighted by molar-refractivity contribution is -0.131. The highest BCUT2D eigenvalue weighted by Crippen LogP contribution is 2.26. The topological polar surface area (TPSA) is 62.5 Å². The van der Waals surface area contributed by atoms with Crippen molar-refractivity contribution in [1.82, 2.24) is 20.0 Å². The van der Waals surface area contributed by atoms with Crippen LogP contribution in [0.1, 0.15) is 29.9 Å². The zero-order valence-corrected chi connectivity index (χ0v) is 17.8. The molecule has 1 amide bonds. The molecular weight excluding hydrogens is 396 g/mol. The van der Waals surface area contributed by atoms with Gasteiger partial charge in [0.05, 0.1) is 0 Å². The van der Waals surface area contributed by atoms with Crippen molar-refractivity contribution in [3.05, 3.63) is 58.1 Å². The van der Waals surface area contributed by atoms with Crippen LogP contribution >= 0.6 is 11.3 Å². The Morgan fingerprint density at radius 2 is 1.90 bits per heavy atom. The SMILES string of the molecule is O=C(CCc1nnc(-c2ccsc2)o1)N1CCCN(C2Cc3ccccc3C2)CC1. The molecular formula is C23H26N4O2S. The second-order valence-corrected chi connectivity index (χ2v) is 8.89. The minimum Gasteiger partial charge on any atom is -0.421 e. The van der Waals surface area contributed by atoms with Gasteiger partial charge in [0.25, 0.3) is 0 Å². The standard InChI is InChI=1S/C23H26N4O2S/c28-22(7-6-21-24-25-23(29-21)19-8-13-30-16-19)27-10-3-9-26(11-12-27)20-14-17-4-1-2-5-18(17)15-20/h1-2,4-5,8,13,16,20H,3,6-7,9-12,14-15H2. The van der Waals surface area contributed by atoms with E-state index in [1.54, 1.807) is 11.3 Å². The van der Waals surface area contributed by atoms with Crippen molar-refractivity contribution in [2.45, 2.75) is 38.1 Å². The van der Waals surface area contributed by atoms with Gasteiger partial charge in [-0.05, 0) is 41.8 Å². The lowest BCUT2D eigenvalue weighted by atomic mass is 10.1. The van der Waals surface area contributed by atoms with Crippen LogP contribution in [0.5, 0.6) is 0 Å². The van der Waals surface area contributed by atoms with Crippen LogP contribution in [0.25, 0.3) is 11.5 Å². The van der Waals surface area contributed by atoms with E-state index < -0.39 is 0 Å². The van der Waals surface area contributed by atoms with Gasteiger partial charge in [-0.25, -0.2) is 0 Å². The third kappa shape index (κ3) is 4.18. The molecule has 6 nitrogen and oxygen atoms in total. The molecule has 3 heterocycles. The number of hydrogen-bond donors (Lipinski definition) is 0. The van der Waals surface area contributed by atoms with Gasteiger partial charge in [0.2, 0.25) is 17.7 Å². The van der Waals surface area contributed by atoms with Gasteiger partial charge < -0.3 is 9.32 Å². The molecule has 1 fully saturated rings. The number of aryl methyl sites for hydroxylation is 1. The van der Waals surface area contributed by atoms with Crippen molar-refractivity contribution < 1.29 is 9.21 Å². The maximum atomic E-state index is 12.8. The van der Waals surface area contributed by atoms with E-state index in [1.807, 2.05) is 21.7 Å². The molecule has 156 valence electrons. The monoisotopic (exact) mass is 422 g/mol. The normalized spacial score (nSPS) is 17.8. The molecule has 0 radical (unpaired) electrons. The average Bonchev–Trinajstić information content (AvgIpc) is 3.49. The summed E-state index contributed by atoms with van der Waals surface area (Å²) in [6, 6.07) is 11.3. The maximum absolute atomic E-state index is 12.8. The summed E-state index contributed by atoms with van der Waals surface area (Å²) in [5, 5.41) is 12.2. The molecule has 1 saturated heterocycles. The zero-order chi connectivity index (χ0) is 20.3. The molecule has 30 heavy (non-hydrogen) atoms.